The van der Waals surface area contributed by atoms with Gasteiger partial charge in [0.2, 0.25) is 5.91 Å². The molecule has 2 aliphatic heterocycles. The summed E-state index contributed by atoms with van der Waals surface area (Å²) >= 11 is 4.97. The number of aliphatic hydroxyl groups excluding tert-OH is 1. The minimum Gasteiger partial charge on any atom is -0.504 e. The molecule has 3 N–H and O–H groups in total. The van der Waals surface area contributed by atoms with Gasteiger partial charge < -0.3 is 25.0 Å². The van der Waals surface area contributed by atoms with Crippen molar-refractivity contribution in [3.8, 4) is 11.5 Å². The predicted octanol–water partition coefficient (Wildman–Crippen LogP) is 3.07. The smallest absolute Gasteiger partial charge is 0.246 e. The van der Waals surface area contributed by atoms with Crippen molar-refractivity contribution in [2.45, 2.75) is 54.6 Å². The van der Waals surface area contributed by atoms with Gasteiger partial charge in [0.1, 0.15) is 6.10 Å². The number of aliphatic hydroxyl groups is 2. The van der Waals surface area contributed by atoms with Gasteiger partial charge in [0, 0.05) is 52.5 Å². The molecule has 2 bridgehead atoms. The Morgan fingerprint density at radius 1 is 1.44 bits per heavy atom. The average Bonchev–Trinajstić information content (AvgIpc) is 3.43. The summed E-state index contributed by atoms with van der Waals surface area (Å²) < 4.78 is 7.43. The zero-order valence-corrected chi connectivity index (χ0v) is 22.3. The van der Waals surface area contributed by atoms with Crippen LogP contribution in [0.1, 0.15) is 28.8 Å². The summed E-state index contributed by atoms with van der Waals surface area (Å²) in [7, 11) is 1.75. The summed E-state index contributed by atoms with van der Waals surface area (Å²) in [6.07, 6.45) is 5.00. The highest BCUT2D eigenvalue weighted by Gasteiger charge is 2.76. The van der Waals surface area contributed by atoms with Crippen LogP contribution in [-0.4, -0.2) is 81.1 Å². The van der Waals surface area contributed by atoms with Crippen molar-refractivity contribution in [1.82, 2.24) is 9.80 Å². The molecule has 36 heavy (non-hydrogen) atoms. The number of ether oxygens (including phenoxy) is 1. The van der Waals surface area contributed by atoms with E-state index >= 15 is 0 Å². The van der Waals surface area contributed by atoms with Crippen molar-refractivity contribution in [1.29, 1.82) is 0 Å². The number of rotatable bonds is 5. The maximum atomic E-state index is 13.3. The molecule has 1 saturated carbocycles. The molecule has 2 fully saturated rings. The lowest BCUT2D eigenvalue weighted by Crippen LogP contribution is -2.82. The lowest BCUT2D eigenvalue weighted by molar-refractivity contribution is -0.234. The predicted molar refractivity (Wildman–Crippen MR) is 141 cm³/mol. The summed E-state index contributed by atoms with van der Waals surface area (Å²) in [6, 6.07) is 4.82. The number of nitrogens with zero attached hydrogens (tertiary/aromatic N) is 2. The number of thiophene rings is 1. The third-order valence-corrected chi connectivity index (χ3v) is 10.4. The van der Waals surface area contributed by atoms with E-state index in [0.29, 0.717) is 43.7 Å². The lowest BCUT2D eigenvalue weighted by atomic mass is 9.47. The number of likely N-dealkylation sites (tertiary alicyclic amines) is 1. The van der Waals surface area contributed by atoms with Crippen molar-refractivity contribution in [2.24, 2.45) is 0 Å². The molecule has 1 aromatic heterocycles. The summed E-state index contributed by atoms with van der Waals surface area (Å²) in [5, 5.41) is 36.9. The normalized spacial score (nSPS) is 34.3. The molecule has 0 radical (unpaired) electrons. The molecule has 190 valence electrons. The second kappa shape index (κ2) is 8.43. The molecular formula is C27H29BrN2O5S. The Hall–Kier alpha value is -2.17. The summed E-state index contributed by atoms with van der Waals surface area (Å²) in [5.74, 6) is 0.147. The van der Waals surface area contributed by atoms with Gasteiger partial charge in [-0.2, -0.15) is 0 Å². The number of hydrogen-bond acceptors (Lipinski definition) is 7. The van der Waals surface area contributed by atoms with Crippen LogP contribution in [0.4, 0.5) is 0 Å². The molecule has 3 unspecified atom stereocenters. The van der Waals surface area contributed by atoms with E-state index in [1.54, 1.807) is 36.2 Å². The molecule has 3 heterocycles. The van der Waals surface area contributed by atoms with Gasteiger partial charge in [0.05, 0.1) is 23.2 Å². The van der Waals surface area contributed by atoms with Crippen molar-refractivity contribution in [3.05, 3.63) is 62.8 Å². The molecule has 2 aliphatic carbocycles. The van der Waals surface area contributed by atoms with E-state index in [1.807, 2.05) is 17.5 Å². The first-order valence-corrected chi connectivity index (χ1v) is 13.9. The Labute approximate surface area is 222 Å². The average molecular weight is 574 g/mol. The van der Waals surface area contributed by atoms with Crippen LogP contribution in [0.5, 0.6) is 11.5 Å². The number of phenols is 1. The number of phenolic OH excluding ortho intramolecular Hbond substituents is 1. The van der Waals surface area contributed by atoms with Crippen LogP contribution in [0, 0.1) is 0 Å². The molecule has 1 aromatic carbocycles. The summed E-state index contributed by atoms with van der Waals surface area (Å²) in [6.45, 7) is 4.78. The first kappa shape index (κ1) is 24.2. The fourth-order valence-corrected chi connectivity index (χ4v) is 8.63. The number of carbonyl (C=O) groups excluding carboxylic acids is 1. The third kappa shape index (κ3) is 3.10. The summed E-state index contributed by atoms with van der Waals surface area (Å²) in [5.41, 5.74) is -0.743. The van der Waals surface area contributed by atoms with Crippen molar-refractivity contribution in [3.63, 3.8) is 0 Å². The fraction of sp³-hybridized carbons (Fsp3) is 0.444. The number of benzene rings is 1. The van der Waals surface area contributed by atoms with Crippen molar-refractivity contribution < 1.29 is 24.9 Å². The van der Waals surface area contributed by atoms with Crippen LogP contribution in [-0.2, 0) is 16.6 Å². The topological polar surface area (TPSA) is 93.5 Å². The highest BCUT2D eigenvalue weighted by Crippen LogP contribution is 2.65. The highest BCUT2D eigenvalue weighted by atomic mass is 79.9. The van der Waals surface area contributed by atoms with Gasteiger partial charge in [-0.25, -0.2) is 0 Å². The van der Waals surface area contributed by atoms with Crippen LogP contribution < -0.4 is 4.74 Å². The van der Waals surface area contributed by atoms with Crippen molar-refractivity contribution >= 4 is 39.2 Å². The first-order valence-electron chi connectivity index (χ1n) is 12.2. The van der Waals surface area contributed by atoms with Gasteiger partial charge in [0.25, 0.3) is 0 Å². The Bertz CT molecular complexity index is 1280. The number of halogens is 1. The second-order valence-corrected chi connectivity index (χ2v) is 12.2. The van der Waals surface area contributed by atoms with E-state index < -0.39 is 29.3 Å². The number of carbonyl (C=O) groups is 1. The Balaban J connectivity index is 1.42. The minimum atomic E-state index is -1.27. The molecule has 9 heteroatoms. The van der Waals surface area contributed by atoms with Gasteiger partial charge >= 0.3 is 0 Å². The Morgan fingerprint density at radius 2 is 2.25 bits per heavy atom. The molecule has 1 saturated heterocycles. The van der Waals surface area contributed by atoms with Crippen LogP contribution >= 0.6 is 27.3 Å². The maximum absolute atomic E-state index is 13.3. The molecule has 7 nitrogen and oxygen atoms in total. The van der Waals surface area contributed by atoms with E-state index in [0.717, 1.165) is 14.9 Å². The van der Waals surface area contributed by atoms with Crippen molar-refractivity contribution in [2.75, 3.05) is 20.1 Å². The molecule has 1 spiro atoms. The van der Waals surface area contributed by atoms with Crippen LogP contribution in [0.25, 0.3) is 6.08 Å². The van der Waals surface area contributed by atoms with Crippen LogP contribution in [0.3, 0.4) is 0 Å². The minimum absolute atomic E-state index is 0.00468. The zero-order valence-electron chi connectivity index (χ0n) is 19.9. The van der Waals surface area contributed by atoms with E-state index in [-0.39, 0.29) is 17.7 Å². The largest absolute Gasteiger partial charge is 0.504 e. The number of hydrogen-bond donors (Lipinski definition) is 3. The number of aromatic hydroxyl groups is 1. The van der Waals surface area contributed by atoms with E-state index in [9.17, 15) is 20.1 Å². The molecule has 4 aliphatic rings. The molecule has 6 atom stereocenters. The van der Waals surface area contributed by atoms with Gasteiger partial charge in [-0.1, -0.05) is 12.1 Å². The Morgan fingerprint density at radius 3 is 2.97 bits per heavy atom. The zero-order chi connectivity index (χ0) is 25.4. The van der Waals surface area contributed by atoms with E-state index in [4.69, 9.17) is 4.74 Å². The number of β-amino-alcohol motifs (C(OH)–C–C–N with tert-alkyl or cyclic N) is 1. The quantitative estimate of drug-likeness (QED) is 0.376. The number of likely N-dealkylation sites (N-methyl/N-ethyl adjacent to an activating group) is 1. The summed E-state index contributed by atoms with van der Waals surface area (Å²) in [4.78, 5) is 18.0. The molecule has 2 aromatic rings. The van der Waals surface area contributed by atoms with Gasteiger partial charge in [0.15, 0.2) is 11.5 Å². The monoisotopic (exact) mass is 572 g/mol. The molecule has 1 amide bonds. The van der Waals surface area contributed by atoms with Crippen LogP contribution in [0.15, 0.2) is 46.8 Å². The molecular weight excluding hydrogens is 544 g/mol. The molecule has 6 rings (SSSR count). The number of piperidine rings is 1. The standard InChI is InChI=1S/C27H29BrN2O5S/c1-3-10-30-13-21(32)27-23-15-4-6-19(31)24(23)35-25(27)18(8-9-26(27,34)20(30)11-15)29(2)22(33)7-5-17-12-16(28)14-36-17/h3-7,12,14,18,20-21,25,31-32,34H,1,8-11,13H2,2H3/b7-5+/t18?,20-,21?,25?,26-,27+/m1/s1. The van der Waals surface area contributed by atoms with Gasteiger partial charge in [-0.3, -0.25) is 9.69 Å². The number of amides is 1. The maximum Gasteiger partial charge on any atom is 0.246 e. The Kier molecular flexibility index (Phi) is 5.66. The first-order chi connectivity index (χ1) is 17.2. The van der Waals surface area contributed by atoms with Crippen LogP contribution in [0.2, 0.25) is 0 Å². The second-order valence-electron chi connectivity index (χ2n) is 10.3. The van der Waals surface area contributed by atoms with E-state index in [1.165, 1.54) is 11.3 Å². The van der Waals surface area contributed by atoms with Gasteiger partial charge in [-0.15, -0.1) is 17.9 Å². The highest BCUT2D eigenvalue weighted by molar-refractivity contribution is 9.10. The van der Waals surface area contributed by atoms with E-state index in [2.05, 4.69) is 27.4 Å². The SMILES string of the molecule is C=CCN1CC(O)[C@]23c4c5ccc(O)c4OC2C(N(C)C(=O)/C=C/c2cc(Br)cs2)CC[C@@]3(O)[C@H]1C5. The fourth-order valence-electron chi connectivity index (χ4n) is 7.29. The third-order valence-electron chi connectivity index (χ3n) is 8.74. The van der Waals surface area contributed by atoms with Gasteiger partial charge in [-0.05, 0) is 59.0 Å². The lowest BCUT2D eigenvalue weighted by Gasteiger charge is -2.66.